The molecule has 1 aromatic carbocycles. The van der Waals surface area contributed by atoms with E-state index in [9.17, 15) is 8.78 Å². The Morgan fingerprint density at radius 3 is 2.32 bits per heavy atom. The summed E-state index contributed by atoms with van der Waals surface area (Å²) in [4.78, 5) is 0. The van der Waals surface area contributed by atoms with Crippen LogP contribution in [0.4, 0.5) is 8.78 Å². The third kappa shape index (κ3) is 2.68. The Balaban J connectivity index is 2.54. The molecule has 2 nitrogen and oxygen atoms in total. The van der Waals surface area contributed by atoms with E-state index >= 15 is 0 Å². The predicted octanol–water partition coefficient (Wildman–Crippen LogP) is 3.87. The van der Waals surface area contributed by atoms with Gasteiger partial charge < -0.3 is 9.73 Å². The molecule has 4 heteroatoms. The van der Waals surface area contributed by atoms with Crippen molar-refractivity contribution in [3.63, 3.8) is 0 Å². The number of furan rings is 1. The van der Waals surface area contributed by atoms with E-state index < -0.39 is 17.7 Å². The zero-order valence-electron chi connectivity index (χ0n) is 11.3. The van der Waals surface area contributed by atoms with Gasteiger partial charge in [-0.3, -0.25) is 0 Å². The Morgan fingerprint density at radius 1 is 1.21 bits per heavy atom. The molecule has 0 aliphatic carbocycles. The van der Waals surface area contributed by atoms with Crippen molar-refractivity contribution in [3.8, 4) is 0 Å². The molecule has 1 unspecified atom stereocenters. The molecule has 2 rings (SSSR count). The smallest absolute Gasteiger partial charge is 0.131 e. The highest BCUT2D eigenvalue weighted by molar-refractivity contribution is 5.36. The molecule has 0 fully saturated rings. The summed E-state index contributed by atoms with van der Waals surface area (Å²) in [5, 5.41) is 3.11. The minimum atomic E-state index is -0.552. The van der Waals surface area contributed by atoms with Crippen molar-refractivity contribution in [3.05, 3.63) is 58.5 Å². The molecule has 19 heavy (non-hydrogen) atoms. The molecule has 1 aromatic heterocycles. The summed E-state index contributed by atoms with van der Waals surface area (Å²) >= 11 is 0. The maximum atomic E-state index is 13.9. The predicted molar refractivity (Wildman–Crippen MR) is 70.1 cm³/mol. The number of benzene rings is 1. The minimum Gasteiger partial charge on any atom is -0.466 e. The quantitative estimate of drug-likeness (QED) is 0.907. The van der Waals surface area contributed by atoms with Crippen LogP contribution in [0.15, 0.2) is 28.7 Å². The molecule has 0 spiro atoms. The number of hydrogen-bond acceptors (Lipinski definition) is 2. The van der Waals surface area contributed by atoms with Crippen molar-refractivity contribution in [1.82, 2.24) is 5.32 Å². The highest BCUT2D eigenvalue weighted by atomic mass is 19.1. The zero-order valence-corrected chi connectivity index (χ0v) is 11.3. The SMILES string of the molecule is CCNC(c1cc(C)oc1C)c1c(F)cccc1F. The number of aryl methyl sites for hydroxylation is 2. The van der Waals surface area contributed by atoms with Gasteiger partial charge in [-0.05, 0) is 38.6 Å². The van der Waals surface area contributed by atoms with Gasteiger partial charge in [0, 0.05) is 11.1 Å². The number of rotatable bonds is 4. The maximum absolute atomic E-state index is 13.9. The van der Waals surface area contributed by atoms with E-state index in [4.69, 9.17) is 4.42 Å². The van der Waals surface area contributed by atoms with Gasteiger partial charge in [0.25, 0.3) is 0 Å². The fourth-order valence-electron chi connectivity index (χ4n) is 2.30. The minimum absolute atomic E-state index is 0.0354. The van der Waals surface area contributed by atoms with Crippen LogP contribution in [0.2, 0.25) is 0 Å². The van der Waals surface area contributed by atoms with Crippen LogP contribution in [0.1, 0.15) is 35.6 Å². The Hall–Kier alpha value is -1.68. The third-order valence-corrected chi connectivity index (χ3v) is 3.09. The summed E-state index contributed by atoms with van der Waals surface area (Å²) in [5.74, 6) is 0.298. The largest absolute Gasteiger partial charge is 0.466 e. The van der Waals surface area contributed by atoms with E-state index in [1.165, 1.54) is 18.2 Å². The van der Waals surface area contributed by atoms with Crippen molar-refractivity contribution in [2.24, 2.45) is 0 Å². The first kappa shape index (κ1) is 13.7. The van der Waals surface area contributed by atoms with Gasteiger partial charge in [-0.1, -0.05) is 13.0 Å². The maximum Gasteiger partial charge on any atom is 0.131 e. The third-order valence-electron chi connectivity index (χ3n) is 3.09. The summed E-state index contributed by atoms with van der Waals surface area (Å²) in [6.07, 6.45) is 0. The van der Waals surface area contributed by atoms with Gasteiger partial charge in [0.15, 0.2) is 0 Å². The lowest BCUT2D eigenvalue weighted by Gasteiger charge is -2.19. The molecule has 0 saturated heterocycles. The average Bonchev–Trinajstić information content (AvgIpc) is 2.67. The van der Waals surface area contributed by atoms with Crippen molar-refractivity contribution in [2.75, 3.05) is 6.54 Å². The summed E-state index contributed by atoms with van der Waals surface area (Å²) in [6, 6.07) is 5.18. The second-order valence-corrected chi connectivity index (χ2v) is 4.49. The van der Waals surface area contributed by atoms with Gasteiger partial charge in [0.05, 0.1) is 6.04 Å². The molecule has 0 saturated carbocycles. The summed E-state index contributed by atoms with van der Waals surface area (Å²) in [5.41, 5.74) is 0.802. The lowest BCUT2D eigenvalue weighted by atomic mass is 9.97. The van der Waals surface area contributed by atoms with Crippen LogP contribution < -0.4 is 5.32 Å². The highest BCUT2D eigenvalue weighted by Gasteiger charge is 2.24. The number of halogens is 2. The molecule has 1 heterocycles. The molecule has 2 aromatic rings. The molecule has 102 valence electrons. The van der Waals surface area contributed by atoms with Crippen LogP contribution in [0.5, 0.6) is 0 Å². The monoisotopic (exact) mass is 265 g/mol. The number of hydrogen-bond donors (Lipinski definition) is 1. The standard InChI is InChI=1S/C15H17F2NO/c1-4-18-15(11-8-9(2)19-10(11)3)14-12(16)6-5-7-13(14)17/h5-8,15,18H,4H2,1-3H3. The summed E-state index contributed by atoms with van der Waals surface area (Å²) < 4.78 is 33.3. The van der Waals surface area contributed by atoms with Crippen LogP contribution >= 0.6 is 0 Å². The van der Waals surface area contributed by atoms with Crippen molar-refractivity contribution < 1.29 is 13.2 Å². The average molecular weight is 265 g/mol. The Labute approximate surface area is 111 Å². The molecular formula is C15H17F2NO. The molecule has 0 aliphatic heterocycles. The first-order chi connectivity index (χ1) is 9.04. The Kier molecular flexibility index (Phi) is 4.00. The first-order valence-electron chi connectivity index (χ1n) is 6.28. The van der Waals surface area contributed by atoms with E-state index in [1.54, 1.807) is 6.92 Å². The highest BCUT2D eigenvalue weighted by Crippen LogP contribution is 2.30. The molecule has 1 atom stereocenters. The lowest BCUT2D eigenvalue weighted by molar-refractivity contribution is 0.483. The van der Waals surface area contributed by atoms with Gasteiger partial charge >= 0.3 is 0 Å². The topological polar surface area (TPSA) is 25.2 Å². The van der Waals surface area contributed by atoms with E-state index in [0.717, 1.165) is 11.3 Å². The van der Waals surface area contributed by atoms with Gasteiger partial charge in [-0.25, -0.2) is 8.78 Å². The van der Waals surface area contributed by atoms with Crippen LogP contribution in [0, 0.1) is 25.5 Å². The van der Waals surface area contributed by atoms with Crippen LogP contribution in [0.25, 0.3) is 0 Å². The van der Waals surface area contributed by atoms with Crippen LogP contribution in [0.3, 0.4) is 0 Å². The Bertz CT molecular complexity index is 557. The van der Waals surface area contributed by atoms with Gasteiger partial charge in [-0.2, -0.15) is 0 Å². The first-order valence-corrected chi connectivity index (χ1v) is 6.28. The molecule has 0 amide bonds. The van der Waals surface area contributed by atoms with Crippen molar-refractivity contribution in [2.45, 2.75) is 26.8 Å². The number of nitrogens with one attached hydrogen (secondary N) is 1. The normalized spacial score (nSPS) is 12.7. The summed E-state index contributed by atoms with van der Waals surface area (Å²) in [7, 11) is 0. The fraction of sp³-hybridized carbons (Fsp3) is 0.333. The van der Waals surface area contributed by atoms with Gasteiger partial charge in [0.1, 0.15) is 23.2 Å². The zero-order chi connectivity index (χ0) is 14.0. The molecule has 1 N–H and O–H groups in total. The van der Waals surface area contributed by atoms with Crippen molar-refractivity contribution >= 4 is 0 Å². The molecular weight excluding hydrogens is 248 g/mol. The van der Waals surface area contributed by atoms with Crippen LogP contribution in [-0.2, 0) is 0 Å². The molecule has 0 bridgehead atoms. The Morgan fingerprint density at radius 2 is 1.84 bits per heavy atom. The van der Waals surface area contributed by atoms with E-state index in [-0.39, 0.29) is 5.56 Å². The fourth-order valence-corrected chi connectivity index (χ4v) is 2.30. The van der Waals surface area contributed by atoms with Gasteiger partial charge in [0.2, 0.25) is 0 Å². The van der Waals surface area contributed by atoms with E-state index in [0.29, 0.717) is 12.3 Å². The van der Waals surface area contributed by atoms with Crippen LogP contribution in [-0.4, -0.2) is 6.54 Å². The van der Waals surface area contributed by atoms with Crippen molar-refractivity contribution in [1.29, 1.82) is 0 Å². The van der Waals surface area contributed by atoms with E-state index in [1.807, 2.05) is 19.9 Å². The molecule has 0 radical (unpaired) electrons. The van der Waals surface area contributed by atoms with Gasteiger partial charge in [-0.15, -0.1) is 0 Å². The second kappa shape index (κ2) is 5.53. The van der Waals surface area contributed by atoms with E-state index in [2.05, 4.69) is 5.32 Å². The second-order valence-electron chi connectivity index (χ2n) is 4.49. The summed E-state index contributed by atoms with van der Waals surface area (Å²) in [6.45, 7) is 6.11. The lowest BCUT2D eigenvalue weighted by Crippen LogP contribution is -2.24. The molecule has 0 aliphatic rings.